The first kappa shape index (κ1) is 12.2. The molecule has 2 N–H and O–H groups in total. The Kier molecular flexibility index (Phi) is 3.24. The van der Waals surface area contributed by atoms with Gasteiger partial charge in [-0.3, -0.25) is 0 Å². The van der Waals surface area contributed by atoms with Crippen molar-refractivity contribution in [3.05, 3.63) is 23.5 Å². The first-order valence-electron chi connectivity index (χ1n) is 5.83. The molecule has 0 radical (unpaired) electrons. The molecule has 1 aromatic carbocycles. The van der Waals surface area contributed by atoms with E-state index in [9.17, 15) is 4.39 Å². The van der Waals surface area contributed by atoms with Gasteiger partial charge >= 0.3 is 0 Å². The van der Waals surface area contributed by atoms with E-state index >= 15 is 0 Å². The first-order valence-corrected chi connectivity index (χ1v) is 5.83. The van der Waals surface area contributed by atoms with E-state index in [4.69, 9.17) is 15.2 Å². The third-order valence-electron chi connectivity index (χ3n) is 2.59. The Morgan fingerprint density at radius 2 is 2.00 bits per heavy atom. The summed E-state index contributed by atoms with van der Waals surface area (Å²) in [6.45, 7) is 4.88. The van der Waals surface area contributed by atoms with Gasteiger partial charge in [0.05, 0.1) is 13.2 Å². The second-order valence-corrected chi connectivity index (χ2v) is 5.07. The highest BCUT2D eigenvalue weighted by molar-refractivity contribution is 5.48. The molecule has 0 amide bonds. The fraction of sp³-hybridized carbons (Fsp3) is 0.538. The third-order valence-corrected chi connectivity index (χ3v) is 2.59. The summed E-state index contributed by atoms with van der Waals surface area (Å²) in [5.74, 6) is 0.844. The van der Waals surface area contributed by atoms with Gasteiger partial charge in [0.1, 0.15) is 5.82 Å². The predicted octanol–water partition coefficient (Wildman–Crippen LogP) is 2.27. The summed E-state index contributed by atoms with van der Waals surface area (Å²) in [7, 11) is 0. The zero-order valence-electron chi connectivity index (χ0n) is 10.3. The van der Waals surface area contributed by atoms with Crippen molar-refractivity contribution in [1.29, 1.82) is 0 Å². The van der Waals surface area contributed by atoms with Crippen molar-refractivity contribution in [3.63, 3.8) is 0 Å². The van der Waals surface area contributed by atoms with Crippen molar-refractivity contribution in [2.45, 2.75) is 32.2 Å². The number of halogens is 1. The average molecular weight is 239 g/mol. The minimum absolute atomic E-state index is 0.284. The number of nitrogens with two attached hydrogens (primary N) is 1. The molecule has 4 heteroatoms. The quantitative estimate of drug-likeness (QED) is 0.861. The van der Waals surface area contributed by atoms with Crippen molar-refractivity contribution >= 4 is 0 Å². The second-order valence-electron chi connectivity index (χ2n) is 5.07. The zero-order valence-corrected chi connectivity index (χ0v) is 10.3. The molecule has 0 aliphatic carbocycles. The molecular weight excluding hydrogens is 221 g/mol. The minimum atomic E-state index is -0.481. The molecule has 0 spiro atoms. The number of hydrogen-bond acceptors (Lipinski definition) is 3. The van der Waals surface area contributed by atoms with E-state index in [0.717, 1.165) is 6.42 Å². The molecule has 1 aliphatic rings. The normalized spacial score (nSPS) is 15.5. The molecule has 0 saturated heterocycles. The van der Waals surface area contributed by atoms with Crippen LogP contribution in [0.5, 0.6) is 11.5 Å². The Bertz CT molecular complexity index is 413. The van der Waals surface area contributed by atoms with Crippen molar-refractivity contribution in [2.24, 2.45) is 5.73 Å². The van der Waals surface area contributed by atoms with Crippen LogP contribution in [-0.2, 0) is 6.42 Å². The Hall–Kier alpha value is -1.29. The lowest BCUT2D eigenvalue weighted by atomic mass is 9.95. The molecule has 17 heavy (non-hydrogen) atoms. The summed E-state index contributed by atoms with van der Waals surface area (Å²) in [6, 6.07) is 3.03. The van der Waals surface area contributed by atoms with E-state index < -0.39 is 5.54 Å². The molecule has 1 heterocycles. The molecule has 0 atom stereocenters. The summed E-state index contributed by atoms with van der Waals surface area (Å²) in [4.78, 5) is 0. The second kappa shape index (κ2) is 4.53. The smallest absolute Gasteiger partial charge is 0.167 e. The molecule has 3 nitrogen and oxygen atoms in total. The SMILES string of the molecule is CC(C)(N)Cc1c(F)ccc2c1OCCCO2. The standard InChI is InChI=1S/C13H18FNO2/c1-13(2,15)8-9-10(14)4-5-11-12(9)17-7-3-6-16-11/h4-5H,3,6-8,15H2,1-2H3. The van der Waals surface area contributed by atoms with Crippen molar-refractivity contribution < 1.29 is 13.9 Å². The van der Waals surface area contributed by atoms with Crippen molar-refractivity contribution in [2.75, 3.05) is 13.2 Å². The number of rotatable bonds is 2. The molecule has 0 fully saturated rings. The number of ether oxygens (including phenoxy) is 2. The van der Waals surface area contributed by atoms with Crippen LogP contribution in [0.15, 0.2) is 12.1 Å². The van der Waals surface area contributed by atoms with Crippen LogP contribution in [0.3, 0.4) is 0 Å². The highest BCUT2D eigenvalue weighted by Gasteiger charge is 2.23. The number of benzene rings is 1. The minimum Gasteiger partial charge on any atom is -0.490 e. The van der Waals surface area contributed by atoms with E-state index in [1.807, 2.05) is 13.8 Å². The van der Waals surface area contributed by atoms with Crippen LogP contribution in [0.2, 0.25) is 0 Å². The Labute approximate surface area is 101 Å². The van der Waals surface area contributed by atoms with Crippen molar-refractivity contribution in [1.82, 2.24) is 0 Å². The maximum Gasteiger partial charge on any atom is 0.167 e. The fourth-order valence-electron chi connectivity index (χ4n) is 1.89. The molecule has 1 aliphatic heterocycles. The molecule has 2 rings (SSSR count). The first-order chi connectivity index (χ1) is 7.97. The van der Waals surface area contributed by atoms with Crippen LogP contribution in [-0.4, -0.2) is 18.8 Å². The topological polar surface area (TPSA) is 44.5 Å². The fourth-order valence-corrected chi connectivity index (χ4v) is 1.89. The van der Waals surface area contributed by atoms with Gasteiger partial charge < -0.3 is 15.2 Å². The van der Waals surface area contributed by atoms with E-state index in [2.05, 4.69) is 0 Å². The summed E-state index contributed by atoms with van der Waals surface area (Å²) in [6.07, 6.45) is 1.23. The van der Waals surface area contributed by atoms with Crippen LogP contribution in [0.25, 0.3) is 0 Å². The zero-order chi connectivity index (χ0) is 12.5. The Morgan fingerprint density at radius 1 is 1.29 bits per heavy atom. The van der Waals surface area contributed by atoms with Gasteiger partial charge in [-0.05, 0) is 32.4 Å². The molecular formula is C13H18FNO2. The number of hydrogen-bond donors (Lipinski definition) is 1. The van der Waals surface area contributed by atoms with E-state index in [1.54, 1.807) is 6.07 Å². The maximum absolute atomic E-state index is 13.8. The van der Waals surface area contributed by atoms with Gasteiger partial charge in [0.15, 0.2) is 11.5 Å². The largest absolute Gasteiger partial charge is 0.490 e. The monoisotopic (exact) mass is 239 g/mol. The predicted molar refractivity (Wildman–Crippen MR) is 64.0 cm³/mol. The average Bonchev–Trinajstić information content (AvgIpc) is 2.46. The molecule has 0 bridgehead atoms. The Balaban J connectivity index is 2.42. The van der Waals surface area contributed by atoms with Crippen molar-refractivity contribution in [3.8, 4) is 11.5 Å². The van der Waals surface area contributed by atoms with Gasteiger partial charge in [0.25, 0.3) is 0 Å². The summed E-state index contributed by atoms with van der Waals surface area (Å²) in [5.41, 5.74) is 5.98. The van der Waals surface area contributed by atoms with Gasteiger partial charge in [-0.2, -0.15) is 0 Å². The summed E-state index contributed by atoms with van der Waals surface area (Å²) >= 11 is 0. The highest BCUT2D eigenvalue weighted by Crippen LogP contribution is 2.36. The molecule has 0 saturated carbocycles. The van der Waals surface area contributed by atoms with Gasteiger partial charge in [-0.25, -0.2) is 4.39 Å². The molecule has 0 unspecified atom stereocenters. The third kappa shape index (κ3) is 2.88. The van der Waals surface area contributed by atoms with Gasteiger partial charge in [0.2, 0.25) is 0 Å². The van der Waals surface area contributed by atoms with Gasteiger partial charge in [0, 0.05) is 17.5 Å². The number of fused-ring (bicyclic) bond motifs is 1. The molecule has 94 valence electrons. The van der Waals surface area contributed by atoms with E-state index in [-0.39, 0.29) is 5.82 Å². The maximum atomic E-state index is 13.8. The lowest BCUT2D eigenvalue weighted by molar-refractivity contribution is 0.295. The van der Waals surface area contributed by atoms with E-state index in [0.29, 0.717) is 36.7 Å². The van der Waals surface area contributed by atoms with Gasteiger partial charge in [-0.1, -0.05) is 0 Å². The van der Waals surface area contributed by atoms with Gasteiger partial charge in [-0.15, -0.1) is 0 Å². The van der Waals surface area contributed by atoms with Crippen LogP contribution in [0, 0.1) is 5.82 Å². The summed E-state index contributed by atoms with van der Waals surface area (Å²) < 4.78 is 25.0. The molecule has 0 aromatic heterocycles. The Morgan fingerprint density at radius 3 is 2.71 bits per heavy atom. The lowest BCUT2D eigenvalue weighted by Crippen LogP contribution is -2.35. The summed E-state index contributed by atoms with van der Waals surface area (Å²) in [5, 5.41) is 0. The molecule has 1 aromatic rings. The van der Waals surface area contributed by atoms with Crippen LogP contribution in [0.4, 0.5) is 4.39 Å². The van der Waals surface area contributed by atoms with E-state index in [1.165, 1.54) is 6.07 Å². The van der Waals surface area contributed by atoms with Crippen LogP contribution in [0.1, 0.15) is 25.8 Å². The lowest BCUT2D eigenvalue weighted by Gasteiger charge is -2.21. The highest BCUT2D eigenvalue weighted by atomic mass is 19.1. The van der Waals surface area contributed by atoms with Crippen LogP contribution >= 0.6 is 0 Å². The van der Waals surface area contributed by atoms with Crippen LogP contribution < -0.4 is 15.2 Å².